The number of thioether (sulfide) groups is 1. The Kier molecular flexibility index (Phi) is 5.18. The second-order valence-corrected chi connectivity index (χ2v) is 6.76. The van der Waals surface area contributed by atoms with E-state index in [0.29, 0.717) is 10.7 Å². The van der Waals surface area contributed by atoms with E-state index in [0.717, 1.165) is 18.6 Å². The minimum absolute atomic E-state index is 0.216. The monoisotopic (exact) mass is 314 g/mol. The highest BCUT2D eigenvalue weighted by Crippen LogP contribution is 2.40. The van der Waals surface area contributed by atoms with E-state index in [1.165, 1.54) is 0 Å². The van der Waals surface area contributed by atoms with Crippen molar-refractivity contribution in [3.8, 4) is 0 Å². The summed E-state index contributed by atoms with van der Waals surface area (Å²) >= 11 is 7.71. The number of carbonyl (C=O) groups is 1. The third kappa shape index (κ3) is 3.59. The van der Waals surface area contributed by atoms with Crippen LogP contribution in [0.5, 0.6) is 0 Å². The number of para-hydroxylation sites is 1. The Labute approximate surface area is 128 Å². The molecule has 1 aromatic rings. The Morgan fingerprint density at radius 2 is 2.30 bits per heavy atom. The van der Waals surface area contributed by atoms with Gasteiger partial charge in [0.1, 0.15) is 0 Å². The number of hydrogen-bond donors (Lipinski definition) is 3. The first-order chi connectivity index (χ1) is 9.55. The largest absolute Gasteiger partial charge is 0.387 e. The molecule has 4 nitrogen and oxygen atoms in total. The molecule has 6 heteroatoms. The molecule has 0 unspecified atom stereocenters. The lowest BCUT2D eigenvalue weighted by Gasteiger charge is -2.44. The van der Waals surface area contributed by atoms with Gasteiger partial charge in [-0.25, -0.2) is 4.79 Å². The van der Waals surface area contributed by atoms with Gasteiger partial charge in [-0.3, -0.25) is 0 Å². The van der Waals surface area contributed by atoms with Gasteiger partial charge in [-0.1, -0.05) is 30.7 Å². The lowest BCUT2D eigenvalue weighted by Crippen LogP contribution is -2.57. The summed E-state index contributed by atoms with van der Waals surface area (Å²) in [4.78, 5) is 11.8. The first kappa shape index (κ1) is 15.5. The van der Waals surface area contributed by atoms with Crippen LogP contribution in [-0.4, -0.2) is 34.3 Å². The molecule has 3 N–H and O–H groups in total. The van der Waals surface area contributed by atoms with E-state index >= 15 is 0 Å². The van der Waals surface area contributed by atoms with Crippen LogP contribution in [0.1, 0.15) is 19.8 Å². The first-order valence-electron chi connectivity index (χ1n) is 6.68. The maximum absolute atomic E-state index is 11.8. The van der Waals surface area contributed by atoms with Gasteiger partial charge >= 0.3 is 6.03 Å². The second kappa shape index (κ2) is 6.70. The van der Waals surface area contributed by atoms with Crippen LogP contribution in [-0.2, 0) is 0 Å². The fourth-order valence-electron chi connectivity index (χ4n) is 2.20. The number of amides is 2. The number of nitrogens with one attached hydrogen (secondary N) is 2. The molecular weight excluding hydrogens is 296 g/mol. The Bertz CT molecular complexity index is 486. The third-order valence-electron chi connectivity index (χ3n) is 3.48. The smallest absolute Gasteiger partial charge is 0.319 e. The van der Waals surface area contributed by atoms with Crippen LogP contribution in [0.2, 0.25) is 5.02 Å². The molecule has 1 saturated carbocycles. The van der Waals surface area contributed by atoms with E-state index in [1.54, 1.807) is 36.0 Å². The molecule has 2 atom stereocenters. The predicted octanol–water partition coefficient (Wildman–Crippen LogP) is 3.11. The molecule has 0 aliphatic heterocycles. The van der Waals surface area contributed by atoms with Crippen LogP contribution < -0.4 is 10.6 Å². The van der Waals surface area contributed by atoms with Crippen molar-refractivity contribution in [3.63, 3.8) is 0 Å². The van der Waals surface area contributed by atoms with Crippen molar-refractivity contribution in [1.82, 2.24) is 5.32 Å². The van der Waals surface area contributed by atoms with Crippen molar-refractivity contribution < 1.29 is 9.90 Å². The molecule has 1 aromatic carbocycles. The first-order valence-corrected chi connectivity index (χ1v) is 8.11. The maximum Gasteiger partial charge on any atom is 0.319 e. The van der Waals surface area contributed by atoms with Gasteiger partial charge in [-0.05, 0) is 30.7 Å². The SMILES string of the molecule is CCS[C@@H]1CC[C@]1(O)CNC(=O)Nc1ccccc1Cl. The number of anilines is 1. The topological polar surface area (TPSA) is 61.4 Å². The average molecular weight is 315 g/mol. The number of urea groups is 1. The molecule has 0 bridgehead atoms. The van der Waals surface area contributed by atoms with Gasteiger partial charge in [0.05, 0.1) is 16.3 Å². The van der Waals surface area contributed by atoms with Crippen LogP contribution in [0, 0.1) is 0 Å². The van der Waals surface area contributed by atoms with Crippen molar-refractivity contribution in [2.45, 2.75) is 30.6 Å². The number of halogens is 1. The highest BCUT2D eigenvalue weighted by Gasteiger charge is 2.45. The van der Waals surface area contributed by atoms with E-state index in [2.05, 4.69) is 17.6 Å². The minimum atomic E-state index is -0.779. The Balaban J connectivity index is 1.82. The van der Waals surface area contributed by atoms with Crippen LogP contribution in [0.15, 0.2) is 24.3 Å². The molecule has 20 heavy (non-hydrogen) atoms. The third-order valence-corrected chi connectivity index (χ3v) is 5.22. The molecule has 0 spiro atoms. The summed E-state index contributed by atoms with van der Waals surface area (Å²) in [6, 6.07) is 6.70. The fraction of sp³-hybridized carbons (Fsp3) is 0.500. The van der Waals surface area contributed by atoms with E-state index < -0.39 is 5.60 Å². The average Bonchev–Trinajstić information content (AvgIpc) is 2.43. The number of hydrogen-bond acceptors (Lipinski definition) is 3. The summed E-state index contributed by atoms with van der Waals surface area (Å²) in [5.74, 6) is 0.971. The Hall–Kier alpha value is -0.910. The van der Waals surface area contributed by atoms with Gasteiger partial charge in [-0.2, -0.15) is 11.8 Å². The molecule has 2 amide bonds. The fourth-order valence-corrected chi connectivity index (χ4v) is 3.58. The predicted molar refractivity (Wildman–Crippen MR) is 84.6 cm³/mol. The Morgan fingerprint density at radius 1 is 1.55 bits per heavy atom. The summed E-state index contributed by atoms with van der Waals surface area (Å²) < 4.78 is 0. The normalized spacial score (nSPS) is 24.9. The molecule has 1 aliphatic rings. The maximum atomic E-state index is 11.8. The van der Waals surface area contributed by atoms with Gasteiger partial charge < -0.3 is 15.7 Å². The zero-order valence-corrected chi connectivity index (χ0v) is 12.9. The summed E-state index contributed by atoms with van der Waals surface area (Å²) in [5, 5.41) is 16.5. The standard InChI is InChI=1S/C14H19ClN2O2S/c1-2-20-12-7-8-14(12,19)9-16-13(18)17-11-6-4-3-5-10(11)15/h3-6,12,19H,2,7-9H2,1H3,(H2,16,17,18)/t12-,14+/m1/s1. The summed E-state index contributed by atoms with van der Waals surface area (Å²) in [6.07, 6.45) is 1.74. The number of rotatable bonds is 5. The van der Waals surface area contributed by atoms with Crippen molar-refractivity contribution in [2.24, 2.45) is 0 Å². The van der Waals surface area contributed by atoms with Crippen molar-refractivity contribution in [1.29, 1.82) is 0 Å². The molecule has 0 saturated heterocycles. The lowest BCUT2D eigenvalue weighted by atomic mass is 9.79. The quantitative estimate of drug-likeness (QED) is 0.782. The molecule has 110 valence electrons. The zero-order valence-electron chi connectivity index (χ0n) is 11.4. The van der Waals surface area contributed by atoms with E-state index in [9.17, 15) is 9.90 Å². The van der Waals surface area contributed by atoms with Gasteiger partial charge in [0.2, 0.25) is 0 Å². The second-order valence-electron chi connectivity index (χ2n) is 4.87. The Morgan fingerprint density at radius 3 is 2.90 bits per heavy atom. The molecule has 0 radical (unpaired) electrons. The van der Waals surface area contributed by atoms with Crippen LogP contribution in [0.25, 0.3) is 0 Å². The summed E-state index contributed by atoms with van der Waals surface area (Å²) in [7, 11) is 0. The molecule has 1 fully saturated rings. The molecule has 1 aliphatic carbocycles. The number of carbonyl (C=O) groups excluding carboxylic acids is 1. The molecule has 0 heterocycles. The van der Waals surface area contributed by atoms with Gasteiger partial charge in [0.15, 0.2) is 0 Å². The van der Waals surface area contributed by atoms with Crippen LogP contribution in [0.3, 0.4) is 0 Å². The highest BCUT2D eigenvalue weighted by atomic mass is 35.5. The van der Waals surface area contributed by atoms with Crippen molar-refractivity contribution in [3.05, 3.63) is 29.3 Å². The van der Waals surface area contributed by atoms with Gasteiger partial charge in [0, 0.05) is 11.8 Å². The van der Waals surface area contributed by atoms with E-state index in [1.807, 2.05) is 0 Å². The number of aliphatic hydroxyl groups is 1. The zero-order chi connectivity index (χ0) is 14.6. The van der Waals surface area contributed by atoms with Crippen molar-refractivity contribution in [2.75, 3.05) is 17.6 Å². The molecule has 0 aromatic heterocycles. The van der Waals surface area contributed by atoms with Gasteiger partial charge in [0.25, 0.3) is 0 Å². The van der Waals surface area contributed by atoms with Gasteiger partial charge in [-0.15, -0.1) is 0 Å². The number of benzene rings is 1. The van der Waals surface area contributed by atoms with E-state index in [-0.39, 0.29) is 17.8 Å². The van der Waals surface area contributed by atoms with E-state index in [4.69, 9.17) is 11.6 Å². The molecule has 2 rings (SSSR count). The lowest BCUT2D eigenvalue weighted by molar-refractivity contribution is -0.0206. The van der Waals surface area contributed by atoms with Crippen LogP contribution in [0.4, 0.5) is 10.5 Å². The molecular formula is C14H19ClN2O2S. The minimum Gasteiger partial charge on any atom is -0.387 e. The van der Waals surface area contributed by atoms with Crippen LogP contribution >= 0.6 is 23.4 Å². The summed E-state index contributed by atoms with van der Waals surface area (Å²) in [6.45, 7) is 2.34. The highest BCUT2D eigenvalue weighted by molar-refractivity contribution is 8.00. The van der Waals surface area contributed by atoms with Crippen molar-refractivity contribution >= 4 is 35.1 Å². The summed E-state index contributed by atoms with van der Waals surface area (Å²) in [5.41, 5.74) is -0.217.